The summed E-state index contributed by atoms with van der Waals surface area (Å²) in [5.74, 6) is 0.443. The molecule has 3 aromatic carbocycles. The van der Waals surface area contributed by atoms with Gasteiger partial charge in [-0.2, -0.15) is 0 Å². The molecule has 6 nitrogen and oxygen atoms in total. The van der Waals surface area contributed by atoms with Crippen LogP contribution in [0.1, 0.15) is 28.4 Å². The fraction of sp³-hybridized carbons (Fsp3) is 0.208. The lowest BCUT2D eigenvalue weighted by atomic mass is 10.1. The van der Waals surface area contributed by atoms with Crippen LogP contribution in [0.25, 0.3) is 0 Å². The van der Waals surface area contributed by atoms with Gasteiger partial charge in [-0.1, -0.05) is 30.3 Å². The number of hydrogen-bond acceptors (Lipinski definition) is 4. The van der Waals surface area contributed by atoms with E-state index in [9.17, 15) is 13.2 Å². The largest absolute Gasteiger partial charge is 0.491 e. The van der Waals surface area contributed by atoms with Crippen LogP contribution in [-0.4, -0.2) is 27.0 Å². The molecule has 2 N–H and O–H groups in total. The van der Waals surface area contributed by atoms with E-state index in [0.717, 1.165) is 11.3 Å². The summed E-state index contributed by atoms with van der Waals surface area (Å²) in [7, 11) is -3.73. The van der Waals surface area contributed by atoms with Crippen LogP contribution in [0.3, 0.4) is 0 Å². The van der Waals surface area contributed by atoms with E-state index in [1.807, 2.05) is 39.0 Å². The number of ether oxygens (including phenoxy) is 1. The molecule has 0 spiro atoms. The van der Waals surface area contributed by atoms with Gasteiger partial charge in [0.25, 0.3) is 15.9 Å². The number of aryl methyl sites for hydroxylation is 2. The summed E-state index contributed by atoms with van der Waals surface area (Å²) in [6.45, 7) is 6.22. The van der Waals surface area contributed by atoms with E-state index in [0.29, 0.717) is 17.9 Å². The molecule has 0 bridgehead atoms. The van der Waals surface area contributed by atoms with Gasteiger partial charge in [-0.25, -0.2) is 8.42 Å². The summed E-state index contributed by atoms with van der Waals surface area (Å²) in [5, 5.41) is 2.87. The molecule has 0 saturated carbocycles. The third-order valence-corrected chi connectivity index (χ3v) is 6.18. The van der Waals surface area contributed by atoms with Gasteiger partial charge in [0.1, 0.15) is 12.4 Å². The van der Waals surface area contributed by atoms with E-state index in [1.54, 1.807) is 36.4 Å². The molecule has 1 atom stereocenters. The summed E-state index contributed by atoms with van der Waals surface area (Å²) in [4.78, 5) is 12.8. The molecule has 3 aromatic rings. The van der Waals surface area contributed by atoms with Gasteiger partial charge >= 0.3 is 0 Å². The number of rotatable bonds is 8. The Labute approximate surface area is 183 Å². The second-order valence-electron chi connectivity index (χ2n) is 7.43. The van der Waals surface area contributed by atoms with Crippen molar-refractivity contribution in [3.63, 3.8) is 0 Å². The van der Waals surface area contributed by atoms with Crippen molar-refractivity contribution in [2.24, 2.45) is 0 Å². The van der Waals surface area contributed by atoms with E-state index in [2.05, 4.69) is 10.0 Å². The van der Waals surface area contributed by atoms with E-state index >= 15 is 0 Å². The van der Waals surface area contributed by atoms with Gasteiger partial charge in [0.2, 0.25) is 0 Å². The van der Waals surface area contributed by atoms with Crippen LogP contribution >= 0.6 is 0 Å². The molecule has 0 fully saturated rings. The van der Waals surface area contributed by atoms with Gasteiger partial charge in [-0.15, -0.1) is 0 Å². The second kappa shape index (κ2) is 9.66. The SMILES string of the molecule is Cc1ccc(OC[C@@H](C)NC(=O)c2cccc(NS(=O)(=O)c3ccccc3)c2)cc1C. The van der Waals surface area contributed by atoms with Gasteiger partial charge in [0.15, 0.2) is 0 Å². The van der Waals surface area contributed by atoms with E-state index in [4.69, 9.17) is 4.74 Å². The zero-order chi connectivity index (χ0) is 22.4. The lowest BCUT2D eigenvalue weighted by Gasteiger charge is -2.16. The second-order valence-corrected chi connectivity index (χ2v) is 9.11. The number of nitrogens with one attached hydrogen (secondary N) is 2. The van der Waals surface area contributed by atoms with Crippen molar-refractivity contribution in [3.05, 3.63) is 89.5 Å². The molecule has 3 rings (SSSR count). The smallest absolute Gasteiger partial charge is 0.261 e. The Balaban J connectivity index is 1.61. The Bertz CT molecular complexity index is 1160. The van der Waals surface area contributed by atoms with Crippen LogP contribution in [0.4, 0.5) is 5.69 Å². The Morgan fingerprint density at radius 1 is 0.935 bits per heavy atom. The van der Waals surface area contributed by atoms with Crippen LogP contribution in [0.15, 0.2) is 77.7 Å². The summed E-state index contributed by atoms with van der Waals surface area (Å²) in [6.07, 6.45) is 0. The van der Waals surface area contributed by atoms with E-state index in [-0.39, 0.29) is 16.8 Å². The molecule has 7 heteroatoms. The molecule has 0 aliphatic heterocycles. The Hall–Kier alpha value is -3.32. The summed E-state index contributed by atoms with van der Waals surface area (Å²) >= 11 is 0. The molecule has 0 aliphatic carbocycles. The normalized spacial score (nSPS) is 12.1. The minimum Gasteiger partial charge on any atom is -0.491 e. The van der Waals surface area contributed by atoms with Crippen LogP contribution in [0.2, 0.25) is 0 Å². The average Bonchev–Trinajstić information content (AvgIpc) is 2.75. The van der Waals surface area contributed by atoms with Crippen molar-refractivity contribution >= 4 is 21.6 Å². The number of sulfonamides is 1. The van der Waals surface area contributed by atoms with Gasteiger partial charge in [0.05, 0.1) is 10.9 Å². The zero-order valence-corrected chi connectivity index (χ0v) is 18.6. The van der Waals surface area contributed by atoms with Crippen LogP contribution in [0.5, 0.6) is 5.75 Å². The van der Waals surface area contributed by atoms with Crippen LogP contribution < -0.4 is 14.8 Å². The number of anilines is 1. The predicted molar refractivity (Wildman–Crippen MR) is 122 cm³/mol. The number of benzene rings is 3. The van der Waals surface area contributed by atoms with Gasteiger partial charge in [-0.05, 0) is 74.4 Å². The minimum atomic E-state index is -3.73. The van der Waals surface area contributed by atoms with Crippen molar-refractivity contribution in [1.82, 2.24) is 5.32 Å². The highest BCUT2D eigenvalue weighted by Gasteiger charge is 2.15. The third kappa shape index (κ3) is 6.08. The first kappa shape index (κ1) is 22.4. The molecule has 162 valence electrons. The molecular formula is C24H26N2O4S. The van der Waals surface area contributed by atoms with Crippen LogP contribution in [-0.2, 0) is 10.0 Å². The molecule has 0 radical (unpaired) electrons. The Morgan fingerprint density at radius 2 is 1.68 bits per heavy atom. The number of hydrogen-bond donors (Lipinski definition) is 2. The standard InChI is InChI=1S/C24H26N2O4S/c1-17-12-13-22(14-18(17)2)30-16-19(3)25-24(27)20-8-7-9-21(15-20)26-31(28,29)23-10-5-4-6-11-23/h4-15,19,26H,16H2,1-3H3,(H,25,27)/t19-/m1/s1. The van der Waals surface area contributed by atoms with Crippen molar-refractivity contribution < 1.29 is 17.9 Å². The first-order chi connectivity index (χ1) is 14.7. The molecule has 0 aromatic heterocycles. The zero-order valence-electron chi connectivity index (χ0n) is 17.8. The number of carbonyl (C=O) groups excluding carboxylic acids is 1. The summed E-state index contributed by atoms with van der Waals surface area (Å²) in [6, 6.07) is 20.1. The highest BCUT2D eigenvalue weighted by Crippen LogP contribution is 2.18. The topological polar surface area (TPSA) is 84.5 Å². The van der Waals surface area contributed by atoms with Gasteiger partial charge < -0.3 is 10.1 Å². The van der Waals surface area contributed by atoms with Crippen LogP contribution in [0, 0.1) is 13.8 Å². The van der Waals surface area contributed by atoms with E-state index in [1.165, 1.54) is 23.8 Å². The monoisotopic (exact) mass is 438 g/mol. The van der Waals surface area contributed by atoms with Crippen molar-refractivity contribution in [2.75, 3.05) is 11.3 Å². The van der Waals surface area contributed by atoms with Crippen molar-refractivity contribution in [3.8, 4) is 5.75 Å². The Morgan fingerprint density at radius 3 is 2.39 bits per heavy atom. The lowest BCUT2D eigenvalue weighted by molar-refractivity contribution is 0.0926. The van der Waals surface area contributed by atoms with Gasteiger partial charge in [-0.3, -0.25) is 9.52 Å². The minimum absolute atomic E-state index is 0.155. The lowest BCUT2D eigenvalue weighted by Crippen LogP contribution is -2.36. The maximum absolute atomic E-state index is 12.6. The maximum Gasteiger partial charge on any atom is 0.261 e. The predicted octanol–water partition coefficient (Wildman–Crippen LogP) is 4.30. The van der Waals surface area contributed by atoms with Crippen molar-refractivity contribution in [1.29, 1.82) is 0 Å². The first-order valence-electron chi connectivity index (χ1n) is 9.93. The Kier molecular flexibility index (Phi) is 6.97. The molecule has 0 aliphatic rings. The fourth-order valence-electron chi connectivity index (χ4n) is 2.91. The van der Waals surface area contributed by atoms with Crippen molar-refractivity contribution in [2.45, 2.75) is 31.7 Å². The summed E-state index contributed by atoms with van der Waals surface area (Å²) < 4.78 is 33.3. The highest BCUT2D eigenvalue weighted by molar-refractivity contribution is 7.92. The fourth-order valence-corrected chi connectivity index (χ4v) is 3.98. The summed E-state index contributed by atoms with van der Waals surface area (Å²) in [5.41, 5.74) is 3.00. The molecule has 1 amide bonds. The highest BCUT2D eigenvalue weighted by atomic mass is 32.2. The van der Waals surface area contributed by atoms with E-state index < -0.39 is 10.0 Å². The first-order valence-corrected chi connectivity index (χ1v) is 11.4. The quantitative estimate of drug-likeness (QED) is 0.549. The number of amides is 1. The molecule has 0 unspecified atom stereocenters. The molecule has 0 heterocycles. The number of carbonyl (C=O) groups is 1. The third-order valence-electron chi connectivity index (χ3n) is 4.79. The van der Waals surface area contributed by atoms with Gasteiger partial charge in [0, 0.05) is 11.3 Å². The molecule has 0 saturated heterocycles. The maximum atomic E-state index is 12.6. The molecular weight excluding hydrogens is 412 g/mol. The molecule has 31 heavy (non-hydrogen) atoms. The average molecular weight is 439 g/mol.